The third kappa shape index (κ3) is 1.42. The molecule has 3 N–H and O–H groups in total. The third-order valence-electron chi connectivity index (χ3n) is 3.40. The predicted octanol–water partition coefficient (Wildman–Crippen LogP) is 1.45. The molecule has 0 spiro atoms. The van der Waals surface area contributed by atoms with Crippen molar-refractivity contribution in [1.29, 1.82) is 0 Å². The van der Waals surface area contributed by atoms with Gasteiger partial charge in [0.1, 0.15) is 5.82 Å². The lowest BCUT2D eigenvalue weighted by Crippen LogP contribution is -2.05. The number of nitrogens with one attached hydrogen (secondary N) is 1. The highest BCUT2D eigenvalue weighted by atomic mass is 15.1. The summed E-state index contributed by atoms with van der Waals surface area (Å²) in [6.45, 7) is 2.12. The van der Waals surface area contributed by atoms with Crippen LogP contribution in [0.4, 0.5) is 11.8 Å². The summed E-state index contributed by atoms with van der Waals surface area (Å²) < 4.78 is 0. The van der Waals surface area contributed by atoms with E-state index in [1.165, 1.54) is 23.2 Å². The van der Waals surface area contributed by atoms with E-state index >= 15 is 0 Å². The molecule has 1 aliphatic carbocycles. The lowest BCUT2D eigenvalue weighted by Gasteiger charge is -2.11. The van der Waals surface area contributed by atoms with E-state index in [1.807, 2.05) is 7.05 Å². The number of fused-ring (bicyclic) bond motifs is 2. The zero-order valence-corrected chi connectivity index (χ0v) is 10.0. The highest BCUT2D eigenvalue weighted by Crippen LogP contribution is 2.31. The largest absolute Gasteiger partial charge is 0.372 e. The molecule has 2 heterocycles. The number of nitrogens with two attached hydrogens (primary N) is 1. The van der Waals surface area contributed by atoms with Crippen LogP contribution in [0.1, 0.15) is 23.2 Å². The van der Waals surface area contributed by atoms with E-state index in [4.69, 9.17) is 5.73 Å². The molecule has 0 aromatic carbocycles. The van der Waals surface area contributed by atoms with Crippen molar-refractivity contribution >= 4 is 22.8 Å². The van der Waals surface area contributed by atoms with E-state index < -0.39 is 0 Å². The minimum Gasteiger partial charge on any atom is -0.372 e. The van der Waals surface area contributed by atoms with Crippen molar-refractivity contribution in [2.45, 2.75) is 26.2 Å². The summed E-state index contributed by atoms with van der Waals surface area (Å²) in [6.07, 6.45) is 3.33. The lowest BCUT2D eigenvalue weighted by atomic mass is 10.1. The molecule has 0 aliphatic heterocycles. The zero-order chi connectivity index (χ0) is 12.0. The summed E-state index contributed by atoms with van der Waals surface area (Å²) in [5.74, 6) is 1.04. The maximum atomic E-state index is 5.69. The van der Waals surface area contributed by atoms with Crippen LogP contribution in [0.5, 0.6) is 0 Å². The van der Waals surface area contributed by atoms with Gasteiger partial charge in [-0.1, -0.05) is 0 Å². The van der Waals surface area contributed by atoms with Gasteiger partial charge in [0.2, 0.25) is 5.95 Å². The minimum absolute atomic E-state index is 0.270. The van der Waals surface area contributed by atoms with Crippen molar-refractivity contribution in [2.24, 2.45) is 0 Å². The first-order valence-electron chi connectivity index (χ1n) is 5.84. The van der Waals surface area contributed by atoms with Gasteiger partial charge in [-0.05, 0) is 37.3 Å². The molecular formula is C12H15N5. The number of nitrogen functional groups attached to an aromatic ring is 1. The van der Waals surface area contributed by atoms with Crippen molar-refractivity contribution in [2.75, 3.05) is 18.1 Å². The predicted molar refractivity (Wildman–Crippen MR) is 68.1 cm³/mol. The van der Waals surface area contributed by atoms with Gasteiger partial charge < -0.3 is 11.1 Å². The van der Waals surface area contributed by atoms with Crippen molar-refractivity contribution in [3.8, 4) is 0 Å². The number of anilines is 2. The van der Waals surface area contributed by atoms with Crippen molar-refractivity contribution in [1.82, 2.24) is 15.0 Å². The lowest BCUT2D eigenvalue weighted by molar-refractivity contribution is 0.899. The molecule has 88 valence electrons. The molecule has 0 radical (unpaired) electrons. The molecule has 2 aromatic rings. The molecule has 0 amide bonds. The number of pyridine rings is 1. The van der Waals surface area contributed by atoms with Crippen molar-refractivity contribution < 1.29 is 0 Å². The standard InChI is InChI=1S/C12H15N5/c1-6-7-4-3-5-8(7)15-11-9(6)10(14-2)16-12(13)17-11/h3-5H2,1-2H3,(H3,13,14,15,16,17). The molecule has 0 unspecified atom stereocenters. The first-order chi connectivity index (χ1) is 8.20. The Morgan fingerprint density at radius 1 is 1.18 bits per heavy atom. The number of aryl methyl sites for hydroxylation is 2. The average Bonchev–Trinajstić information content (AvgIpc) is 2.76. The van der Waals surface area contributed by atoms with Gasteiger partial charge in [-0.3, -0.25) is 0 Å². The Morgan fingerprint density at radius 3 is 2.76 bits per heavy atom. The molecule has 17 heavy (non-hydrogen) atoms. The molecule has 5 nitrogen and oxygen atoms in total. The van der Waals surface area contributed by atoms with E-state index in [9.17, 15) is 0 Å². The number of hydrogen-bond donors (Lipinski definition) is 2. The van der Waals surface area contributed by atoms with Gasteiger partial charge in [0.15, 0.2) is 5.65 Å². The summed E-state index contributed by atoms with van der Waals surface area (Å²) in [4.78, 5) is 13.1. The molecule has 0 bridgehead atoms. The van der Waals surface area contributed by atoms with E-state index in [2.05, 4.69) is 27.2 Å². The van der Waals surface area contributed by atoms with Crippen molar-refractivity contribution in [3.05, 3.63) is 16.8 Å². The Bertz CT molecular complexity index is 606. The Labute approximate surface area is 99.5 Å². The number of aromatic nitrogens is 3. The highest BCUT2D eigenvalue weighted by Gasteiger charge is 2.20. The maximum Gasteiger partial charge on any atom is 0.224 e. The van der Waals surface area contributed by atoms with Crippen LogP contribution in [-0.2, 0) is 12.8 Å². The SMILES string of the molecule is CNc1nc(N)nc2nc3c(c(C)c12)CCC3. The zero-order valence-electron chi connectivity index (χ0n) is 10.0. The average molecular weight is 229 g/mol. The van der Waals surface area contributed by atoms with E-state index in [0.29, 0.717) is 5.65 Å². The van der Waals surface area contributed by atoms with Gasteiger partial charge in [-0.2, -0.15) is 9.97 Å². The van der Waals surface area contributed by atoms with Crippen LogP contribution < -0.4 is 11.1 Å². The molecule has 3 rings (SSSR count). The first-order valence-corrected chi connectivity index (χ1v) is 5.84. The van der Waals surface area contributed by atoms with Gasteiger partial charge in [0.05, 0.1) is 5.39 Å². The second-order valence-corrected chi connectivity index (χ2v) is 4.39. The normalized spacial score (nSPS) is 14.0. The topological polar surface area (TPSA) is 76.7 Å². The monoisotopic (exact) mass is 229 g/mol. The van der Waals surface area contributed by atoms with E-state index in [-0.39, 0.29) is 5.95 Å². The van der Waals surface area contributed by atoms with Gasteiger partial charge in [0, 0.05) is 12.7 Å². The number of nitrogens with zero attached hydrogens (tertiary/aromatic N) is 3. The molecule has 2 aromatic heterocycles. The number of rotatable bonds is 1. The summed E-state index contributed by atoms with van der Waals surface area (Å²) in [6, 6.07) is 0. The molecule has 0 atom stereocenters. The Morgan fingerprint density at radius 2 is 2.00 bits per heavy atom. The van der Waals surface area contributed by atoms with Gasteiger partial charge in [-0.15, -0.1) is 0 Å². The Kier molecular flexibility index (Phi) is 2.14. The smallest absolute Gasteiger partial charge is 0.224 e. The Hall–Kier alpha value is -1.91. The molecule has 0 saturated carbocycles. The second-order valence-electron chi connectivity index (χ2n) is 4.39. The third-order valence-corrected chi connectivity index (χ3v) is 3.40. The van der Waals surface area contributed by atoms with Gasteiger partial charge >= 0.3 is 0 Å². The van der Waals surface area contributed by atoms with Crippen LogP contribution >= 0.6 is 0 Å². The van der Waals surface area contributed by atoms with E-state index in [0.717, 1.165) is 24.0 Å². The van der Waals surface area contributed by atoms with Crippen LogP contribution in [0.25, 0.3) is 11.0 Å². The highest BCUT2D eigenvalue weighted by molar-refractivity contribution is 5.91. The second kappa shape index (κ2) is 3.55. The van der Waals surface area contributed by atoms with Crippen LogP contribution in [0.15, 0.2) is 0 Å². The molecule has 5 heteroatoms. The van der Waals surface area contributed by atoms with Gasteiger partial charge in [0.25, 0.3) is 0 Å². The molecule has 0 fully saturated rings. The van der Waals surface area contributed by atoms with E-state index in [1.54, 1.807) is 0 Å². The van der Waals surface area contributed by atoms with Gasteiger partial charge in [-0.25, -0.2) is 4.98 Å². The Balaban J connectivity index is 2.43. The van der Waals surface area contributed by atoms with Crippen LogP contribution in [0.2, 0.25) is 0 Å². The van der Waals surface area contributed by atoms with Crippen LogP contribution in [0, 0.1) is 6.92 Å². The summed E-state index contributed by atoms with van der Waals surface area (Å²) in [5.41, 5.74) is 10.2. The quantitative estimate of drug-likeness (QED) is 0.774. The first kappa shape index (κ1) is 10.3. The summed E-state index contributed by atoms with van der Waals surface area (Å²) in [5, 5.41) is 4.07. The molecular weight excluding hydrogens is 214 g/mol. The van der Waals surface area contributed by atoms with Crippen molar-refractivity contribution in [3.63, 3.8) is 0 Å². The summed E-state index contributed by atoms with van der Waals surface area (Å²) >= 11 is 0. The molecule has 0 saturated heterocycles. The summed E-state index contributed by atoms with van der Waals surface area (Å²) in [7, 11) is 1.84. The maximum absolute atomic E-state index is 5.69. The van der Waals surface area contributed by atoms with Crippen LogP contribution in [-0.4, -0.2) is 22.0 Å². The minimum atomic E-state index is 0.270. The number of hydrogen-bond acceptors (Lipinski definition) is 5. The fourth-order valence-corrected chi connectivity index (χ4v) is 2.61. The fourth-order valence-electron chi connectivity index (χ4n) is 2.61. The fraction of sp³-hybridized carbons (Fsp3) is 0.417. The van der Waals surface area contributed by atoms with Crippen LogP contribution in [0.3, 0.4) is 0 Å². The molecule has 1 aliphatic rings.